The van der Waals surface area contributed by atoms with Crippen molar-refractivity contribution in [3.63, 3.8) is 0 Å². The third kappa shape index (κ3) is 5.21. The van der Waals surface area contributed by atoms with E-state index >= 15 is 0 Å². The van der Waals surface area contributed by atoms with Gasteiger partial charge in [-0.2, -0.15) is 0 Å². The molecule has 3 N–H and O–H groups in total. The van der Waals surface area contributed by atoms with E-state index in [1.807, 2.05) is 32.0 Å². The molecule has 0 spiro atoms. The number of amides is 2. The highest BCUT2D eigenvalue weighted by Crippen LogP contribution is 2.24. The first-order chi connectivity index (χ1) is 11.4. The van der Waals surface area contributed by atoms with Crippen LogP contribution in [0.25, 0.3) is 0 Å². The van der Waals surface area contributed by atoms with Gasteiger partial charge in [0, 0.05) is 13.1 Å². The van der Waals surface area contributed by atoms with Crippen LogP contribution in [-0.2, 0) is 0 Å². The zero-order valence-electron chi connectivity index (χ0n) is 15.1. The highest BCUT2D eigenvalue weighted by atomic mass is 16.3. The normalized spacial score (nSPS) is 19.0. The Morgan fingerprint density at radius 1 is 1.21 bits per heavy atom. The zero-order chi connectivity index (χ0) is 17.6. The quantitative estimate of drug-likeness (QED) is 0.718. The van der Waals surface area contributed by atoms with E-state index in [0.717, 1.165) is 13.1 Å². The molecule has 0 aliphatic carbocycles. The standard InChI is InChI=1S/C19H31N3O2/c1-15(2)19(3,24)14-21-18(23)20-13-17(22-11-7-8-12-22)16-9-5-4-6-10-16/h4-6,9-10,15,17,24H,7-8,11-14H2,1-3H3,(H2,20,21,23). The number of nitrogens with one attached hydrogen (secondary N) is 2. The molecule has 1 heterocycles. The first kappa shape index (κ1) is 18.7. The maximum absolute atomic E-state index is 12.1. The second-order valence-corrected chi connectivity index (χ2v) is 7.25. The van der Waals surface area contributed by atoms with E-state index in [0.29, 0.717) is 6.54 Å². The van der Waals surface area contributed by atoms with Gasteiger partial charge >= 0.3 is 6.03 Å². The van der Waals surface area contributed by atoms with Crippen LogP contribution >= 0.6 is 0 Å². The van der Waals surface area contributed by atoms with Gasteiger partial charge in [-0.1, -0.05) is 44.2 Å². The summed E-state index contributed by atoms with van der Waals surface area (Å²) in [4.78, 5) is 14.5. The molecule has 1 aromatic carbocycles. The topological polar surface area (TPSA) is 64.6 Å². The van der Waals surface area contributed by atoms with E-state index < -0.39 is 5.60 Å². The maximum atomic E-state index is 12.1. The third-order valence-electron chi connectivity index (χ3n) is 5.07. The van der Waals surface area contributed by atoms with E-state index in [1.165, 1.54) is 18.4 Å². The summed E-state index contributed by atoms with van der Waals surface area (Å²) < 4.78 is 0. The maximum Gasteiger partial charge on any atom is 0.314 e. The van der Waals surface area contributed by atoms with Gasteiger partial charge in [0.2, 0.25) is 0 Å². The molecular weight excluding hydrogens is 302 g/mol. The van der Waals surface area contributed by atoms with E-state index in [-0.39, 0.29) is 24.5 Å². The minimum absolute atomic E-state index is 0.0828. The van der Waals surface area contributed by atoms with Crippen LogP contribution in [0, 0.1) is 5.92 Å². The minimum Gasteiger partial charge on any atom is -0.388 e. The van der Waals surface area contributed by atoms with Gasteiger partial charge in [0.1, 0.15) is 0 Å². The molecule has 0 aromatic heterocycles. The zero-order valence-corrected chi connectivity index (χ0v) is 15.1. The Balaban J connectivity index is 1.89. The molecule has 2 unspecified atom stereocenters. The largest absolute Gasteiger partial charge is 0.388 e. The fourth-order valence-electron chi connectivity index (χ4n) is 2.90. The molecule has 2 rings (SSSR count). The van der Waals surface area contributed by atoms with Crippen molar-refractivity contribution in [3.8, 4) is 0 Å². The number of nitrogens with zero attached hydrogens (tertiary/aromatic N) is 1. The van der Waals surface area contributed by atoms with Crippen molar-refractivity contribution < 1.29 is 9.90 Å². The molecule has 134 valence electrons. The van der Waals surface area contributed by atoms with E-state index in [4.69, 9.17) is 0 Å². The first-order valence-electron chi connectivity index (χ1n) is 8.93. The lowest BCUT2D eigenvalue weighted by atomic mass is 9.93. The number of hydrogen-bond donors (Lipinski definition) is 3. The van der Waals surface area contributed by atoms with Crippen molar-refractivity contribution in [2.75, 3.05) is 26.2 Å². The molecular formula is C19H31N3O2. The van der Waals surface area contributed by atoms with Crippen LogP contribution in [0.2, 0.25) is 0 Å². The second-order valence-electron chi connectivity index (χ2n) is 7.25. The minimum atomic E-state index is -0.898. The molecule has 1 saturated heterocycles. The lowest BCUT2D eigenvalue weighted by Crippen LogP contribution is -2.48. The number of aliphatic hydroxyl groups is 1. The van der Waals surface area contributed by atoms with Gasteiger partial charge in [0.05, 0.1) is 11.6 Å². The van der Waals surface area contributed by atoms with E-state index in [9.17, 15) is 9.90 Å². The summed E-state index contributed by atoms with van der Waals surface area (Å²) in [7, 11) is 0. The molecule has 1 aliphatic rings. The van der Waals surface area contributed by atoms with Crippen LogP contribution in [0.3, 0.4) is 0 Å². The highest BCUT2D eigenvalue weighted by Gasteiger charge is 2.26. The molecule has 5 nitrogen and oxygen atoms in total. The van der Waals surface area contributed by atoms with Crippen molar-refractivity contribution in [2.45, 2.75) is 45.3 Å². The number of likely N-dealkylation sites (tertiary alicyclic amines) is 1. The van der Waals surface area contributed by atoms with E-state index in [1.54, 1.807) is 6.92 Å². The number of rotatable bonds is 7. The van der Waals surface area contributed by atoms with Crippen molar-refractivity contribution in [3.05, 3.63) is 35.9 Å². The molecule has 2 atom stereocenters. The summed E-state index contributed by atoms with van der Waals surface area (Å²) in [6, 6.07) is 10.3. The van der Waals surface area contributed by atoms with Gasteiger partial charge in [-0.3, -0.25) is 4.90 Å². The molecule has 5 heteroatoms. The summed E-state index contributed by atoms with van der Waals surface area (Å²) in [5, 5.41) is 16.0. The summed E-state index contributed by atoms with van der Waals surface area (Å²) in [5.74, 6) is 0.0828. The van der Waals surface area contributed by atoms with Crippen LogP contribution in [0.4, 0.5) is 4.79 Å². The molecule has 1 aliphatic heterocycles. The van der Waals surface area contributed by atoms with Gasteiger partial charge < -0.3 is 15.7 Å². The molecule has 0 saturated carbocycles. The number of carbonyl (C=O) groups is 1. The lowest BCUT2D eigenvalue weighted by molar-refractivity contribution is 0.0165. The van der Waals surface area contributed by atoms with Crippen molar-refractivity contribution >= 4 is 6.03 Å². The third-order valence-corrected chi connectivity index (χ3v) is 5.07. The number of carbonyl (C=O) groups excluding carboxylic acids is 1. The smallest absolute Gasteiger partial charge is 0.314 e. The summed E-state index contributed by atoms with van der Waals surface area (Å²) in [6.45, 7) is 8.59. The summed E-state index contributed by atoms with van der Waals surface area (Å²) in [5.41, 5.74) is 0.333. The SMILES string of the molecule is CC(C)C(C)(O)CNC(=O)NCC(c1ccccc1)N1CCCC1. The average molecular weight is 333 g/mol. The predicted molar refractivity (Wildman–Crippen MR) is 96.9 cm³/mol. The highest BCUT2D eigenvalue weighted by molar-refractivity contribution is 5.73. The fraction of sp³-hybridized carbons (Fsp3) is 0.632. The lowest BCUT2D eigenvalue weighted by Gasteiger charge is -2.30. The van der Waals surface area contributed by atoms with Gasteiger partial charge in [0.15, 0.2) is 0 Å². The van der Waals surface area contributed by atoms with Gasteiger partial charge in [-0.05, 0) is 44.3 Å². The Labute approximate surface area is 145 Å². The Hall–Kier alpha value is -1.59. The summed E-state index contributed by atoms with van der Waals surface area (Å²) >= 11 is 0. The van der Waals surface area contributed by atoms with Gasteiger partial charge in [-0.25, -0.2) is 4.79 Å². The Kier molecular flexibility index (Phi) is 6.63. The van der Waals surface area contributed by atoms with Crippen molar-refractivity contribution in [1.82, 2.24) is 15.5 Å². The van der Waals surface area contributed by atoms with Crippen LogP contribution in [0.15, 0.2) is 30.3 Å². The monoisotopic (exact) mass is 333 g/mol. The fourth-order valence-corrected chi connectivity index (χ4v) is 2.90. The molecule has 0 bridgehead atoms. The Morgan fingerprint density at radius 2 is 1.83 bits per heavy atom. The summed E-state index contributed by atoms with van der Waals surface area (Å²) in [6.07, 6.45) is 2.43. The number of hydrogen-bond acceptors (Lipinski definition) is 3. The van der Waals surface area contributed by atoms with E-state index in [2.05, 4.69) is 27.7 Å². The number of benzene rings is 1. The van der Waals surface area contributed by atoms with Gasteiger partial charge in [-0.15, -0.1) is 0 Å². The Morgan fingerprint density at radius 3 is 2.42 bits per heavy atom. The predicted octanol–water partition coefficient (Wildman–Crippen LogP) is 2.53. The average Bonchev–Trinajstić information content (AvgIpc) is 3.08. The van der Waals surface area contributed by atoms with Crippen LogP contribution < -0.4 is 10.6 Å². The second kappa shape index (κ2) is 8.49. The van der Waals surface area contributed by atoms with Crippen LogP contribution in [0.5, 0.6) is 0 Å². The van der Waals surface area contributed by atoms with Crippen molar-refractivity contribution in [2.24, 2.45) is 5.92 Å². The number of urea groups is 1. The molecule has 1 fully saturated rings. The molecule has 2 amide bonds. The van der Waals surface area contributed by atoms with Crippen LogP contribution in [0.1, 0.15) is 45.2 Å². The Bertz CT molecular complexity index is 511. The van der Waals surface area contributed by atoms with Crippen molar-refractivity contribution in [1.29, 1.82) is 0 Å². The molecule has 0 radical (unpaired) electrons. The molecule has 1 aromatic rings. The molecule has 24 heavy (non-hydrogen) atoms. The van der Waals surface area contributed by atoms with Crippen LogP contribution in [-0.4, -0.2) is 47.8 Å². The first-order valence-corrected chi connectivity index (χ1v) is 8.93. The van der Waals surface area contributed by atoms with Gasteiger partial charge in [0.25, 0.3) is 0 Å².